The van der Waals surface area contributed by atoms with Crippen molar-refractivity contribution >= 4 is 0 Å². The highest BCUT2D eigenvalue weighted by atomic mass is 16.5. The van der Waals surface area contributed by atoms with E-state index in [4.69, 9.17) is 10.5 Å². The molecule has 2 atom stereocenters. The number of nitrogens with two attached hydrogens (primary N) is 1. The van der Waals surface area contributed by atoms with Gasteiger partial charge in [-0.2, -0.15) is 0 Å². The molecule has 2 aromatic rings. The van der Waals surface area contributed by atoms with E-state index in [1.807, 2.05) is 0 Å². The summed E-state index contributed by atoms with van der Waals surface area (Å²) in [5.74, 6) is 1.03. The predicted molar refractivity (Wildman–Crippen MR) is 129 cm³/mol. The lowest BCUT2D eigenvalue weighted by molar-refractivity contribution is 0.0226. The zero-order valence-corrected chi connectivity index (χ0v) is 19.8. The van der Waals surface area contributed by atoms with Crippen molar-refractivity contribution in [1.29, 1.82) is 0 Å². The van der Waals surface area contributed by atoms with Crippen molar-refractivity contribution in [3.63, 3.8) is 0 Å². The number of piperazine rings is 1. The van der Waals surface area contributed by atoms with E-state index in [2.05, 4.69) is 73.9 Å². The molecular formula is C27H39N3O. The molecular weight excluding hydrogens is 382 g/mol. The summed E-state index contributed by atoms with van der Waals surface area (Å²) in [4.78, 5) is 5.16. The summed E-state index contributed by atoms with van der Waals surface area (Å²) in [6.07, 6.45) is 3.72. The average molecular weight is 422 g/mol. The van der Waals surface area contributed by atoms with Crippen LogP contribution in [0.3, 0.4) is 0 Å². The van der Waals surface area contributed by atoms with Gasteiger partial charge in [0, 0.05) is 38.3 Å². The maximum Gasteiger partial charge on any atom is 0.138 e. The van der Waals surface area contributed by atoms with Gasteiger partial charge in [-0.05, 0) is 75.8 Å². The van der Waals surface area contributed by atoms with Crippen LogP contribution in [0.1, 0.15) is 53.6 Å². The molecule has 0 radical (unpaired) electrons. The highest BCUT2D eigenvalue weighted by Gasteiger charge is 2.45. The second kappa shape index (κ2) is 9.32. The molecule has 0 aromatic heterocycles. The van der Waals surface area contributed by atoms with Gasteiger partial charge >= 0.3 is 0 Å². The number of ether oxygens (including phenoxy) is 1. The van der Waals surface area contributed by atoms with E-state index in [1.54, 1.807) is 0 Å². The Balaban J connectivity index is 1.25. The highest BCUT2D eigenvalue weighted by molar-refractivity contribution is 5.55. The van der Waals surface area contributed by atoms with E-state index in [9.17, 15) is 0 Å². The lowest BCUT2D eigenvalue weighted by atomic mass is 9.88. The van der Waals surface area contributed by atoms with Crippen LogP contribution < -0.4 is 10.5 Å². The second-order valence-corrected chi connectivity index (χ2v) is 9.83. The molecule has 1 fully saturated rings. The Labute approximate surface area is 188 Å². The second-order valence-electron chi connectivity index (χ2n) is 9.83. The molecule has 2 aliphatic heterocycles. The topological polar surface area (TPSA) is 41.7 Å². The Kier molecular flexibility index (Phi) is 6.71. The molecule has 0 amide bonds. The summed E-state index contributed by atoms with van der Waals surface area (Å²) >= 11 is 0. The van der Waals surface area contributed by atoms with Crippen molar-refractivity contribution < 1.29 is 4.74 Å². The first kappa shape index (κ1) is 22.3. The minimum atomic E-state index is -0.358. The number of benzene rings is 2. The number of aryl methyl sites for hydroxylation is 3. The predicted octanol–water partition coefficient (Wildman–Crippen LogP) is 4.40. The summed E-state index contributed by atoms with van der Waals surface area (Å²) in [7, 11) is 0. The van der Waals surface area contributed by atoms with Gasteiger partial charge in [-0.3, -0.25) is 4.90 Å². The van der Waals surface area contributed by atoms with Gasteiger partial charge in [0.1, 0.15) is 11.4 Å². The SMILES string of the molecule is Cc1cc(C)c2c(c1C)OC(C)(CN1CCN(CCCCc3ccccc3)CC1)C2N. The molecule has 2 aromatic carbocycles. The van der Waals surface area contributed by atoms with Crippen molar-refractivity contribution in [2.24, 2.45) is 5.73 Å². The molecule has 168 valence electrons. The molecule has 0 spiro atoms. The van der Waals surface area contributed by atoms with Crippen LogP contribution in [0.4, 0.5) is 0 Å². The molecule has 0 saturated carbocycles. The molecule has 4 nitrogen and oxygen atoms in total. The van der Waals surface area contributed by atoms with Crippen LogP contribution in [0.25, 0.3) is 0 Å². The minimum absolute atomic E-state index is 0.0715. The van der Waals surface area contributed by atoms with Crippen LogP contribution in [-0.2, 0) is 6.42 Å². The van der Waals surface area contributed by atoms with Gasteiger partial charge in [-0.25, -0.2) is 0 Å². The third kappa shape index (κ3) is 4.82. The zero-order valence-electron chi connectivity index (χ0n) is 19.8. The third-order valence-corrected chi connectivity index (χ3v) is 7.37. The number of fused-ring (bicyclic) bond motifs is 1. The van der Waals surface area contributed by atoms with Crippen LogP contribution in [0.5, 0.6) is 5.75 Å². The van der Waals surface area contributed by atoms with Crippen molar-refractivity contribution in [2.75, 3.05) is 39.3 Å². The van der Waals surface area contributed by atoms with E-state index in [-0.39, 0.29) is 11.6 Å². The Morgan fingerprint density at radius 3 is 2.35 bits per heavy atom. The Morgan fingerprint density at radius 2 is 1.65 bits per heavy atom. The third-order valence-electron chi connectivity index (χ3n) is 7.37. The summed E-state index contributed by atoms with van der Waals surface area (Å²) < 4.78 is 6.57. The summed E-state index contributed by atoms with van der Waals surface area (Å²) in [6, 6.07) is 13.0. The fraction of sp³-hybridized carbons (Fsp3) is 0.556. The van der Waals surface area contributed by atoms with Crippen LogP contribution in [0.15, 0.2) is 36.4 Å². The Hall–Kier alpha value is -1.88. The van der Waals surface area contributed by atoms with Crippen LogP contribution in [-0.4, -0.2) is 54.7 Å². The number of hydrogen-bond donors (Lipinski definition) is 1. The van der Waals surface area contributed by atoms with Gasteiger partial charge in [-0.1, -0.05) is 36.4 Å². The maximum atomic E-state index is 6.76. The van der Waals surface area contributed by atoms with Crippen LogP contribution in [0, 0.1) is 20.8 Å². The maximum absolute atomic E-state index is 6.76. The van der Waals surface area contributed by atoms with Crippen molar-refractivity contribution in [3.8, 4) is 5.75 Å². The molecule has 2 N–H and O–H groups in total. The quantitative estimate of drug-likeness (QED) is 0.673. The van der Waals surface area contributed by atoms with Crippen molar-refractivity contribution in [2.45, 2.75) is 58.6 Å². The summed E-state index contributed by atoms with van der Waals surface area (Å²) in [5, 5.41) is 0. The number of rotatable bonds is 7. The summed E-state index contributed by atoms with van der Waals surface area (Å²) in [6.45, 7) is 15.2. The molecule has 31 heavy (non-hydrogen) atoms. The Morgan fingerprint density at radius 1 is 0.968 bits per heavy atom. The van der Waals surface area contributed by atoms with Crippen LogP contribution >= 0.6 is 0 Å². The van der Waals surface area contributed by atoms with E-state index in [0.717, 1.165) is 38.5 Å². The zero-order chi connectivity index (χ0) is 22.0. The minimum Gasteiger partial charge on any atom is -0.484 e. The first-order valence-corrected chi connectivity index (χ1v) is 11.9. The van der Waals surface area contributed by atoms with E-state index in [1.165, 1.54) is 53.6 Å². The van der Waals surface area contributed by atoms with Gasteiger partial charge < -0.3 is 15.4 Å². The Bertz CT molecular complexity index is 889. The smallest absolute Gasteiger partial charge is 0.138 e. The molecule has 2 aliphatic rings. The van der Waals surface area contributed by atoms with Crippen molar-refractivity contribution in [1.82, 2.24) is 9.80 Å². The molecule has 0 bridgehead atoms. The van der Waals surface area contributed by atoms with Gasteiger partial charge in [0.15, 0.2) is 0 Å². The lowest BCUT2D eigenvalue weighted by Crippen LogP contribution is -2.54. The normalized spacial score (nSPS) is 24.2. The lowest BCUT2D eigenvalue weighted by Gasteiger charge is -2.40. The first-order valence-electron chi connectivity index (χ1n) is 11.9. The van der Waals surface area contributed by atoms with Gasteiger partial charge in [0.25, 0.3) is 0 Å². The fourth-order valence-corrected chi connectivity index (χ4v) is 5.25. The highest BCUT2D eigenvalue weighted by Crippen LogP contribution is 2.46. The van der Waals surface area contributed by atoms with Crippen molar-refractivity contribution in [3.05, 3.63) is 64.2 Å². The first-order chi connectivity index (χ1) is 14.9. The van der Waals surface area contributed by atoms with E-state index < -0.39 is 0 Å². The number of unbranched alkanes of at least 4 members (excludes halogenated alkanes) is 1. The molecule has 4 rings (SSSR count). The molecule has 2 heterocycles. The number of nitrogens with zero attached hydrogens (tertiary/aromatic N) is 2. The fourth-order valence-electron chi connectivity index (χ4n) is 5.25. The average Bonchev–Trinajstić information content (AvgIpc) is 3.03. The standard InChI is InChI=1S/C27H39N3O/c1-20-18-21(2)24-25(22(20)3)31-27(4,26(24)28)19-30-16-14-29(15-17-30)13-9-8-12-23-10-6-5-7-11-23/h5-7,10-11,18,26H,8-9,12-17,19,28H2,1-4H3. The van der Waals surface area contributed by atoms with E-state index in [0.29, 0.717) is 0 Å². The molecule has 4 heteroatoms. The van der Waals surface area contributed by atoms with Gasteiger partial charge in [0.05, 0.1) is 6.04 Å². The number of hydrogen-bond acceptors (Lipinski definition) is 4. The largest absolute Gasteiger partial charge is 0.484 e. The monoisotopic (exact) mass is 421 g/mol. The molecule has 0 aliphatic carbocycles. The van der Waals surface area contributed by atoms with Gasteiger partial charge in [0.2, 0.25) is 0 Å². The summed E-state index contributed by atoms with van der Waals surface area (Å²) in [5.41, 5.74) is 12.8. The van der Waals surface area contributed by atoms with E-state index >= 15 is 0 Å². The van der Waals surface area contributed by atoms with Crippen LogP contribution in [0.2, 0.25) is 0 Å². The molecule has 2 unspecified atom stereocenters. The van der Waals surface area contributed by atoms with Gasteiger partial charge in [-0.15, -0.1) is 0 Å². The molecule has 1 saturated heterocycles.